The third-order valence-corrected chi connectivity index (χ3v) is 2.93. The Labute approximate surface area is 120 Å². The number of carbonyl (C=O) groups excluding carboxylic acids is 1. The van der Waals surface area contributed by atoms with Gasteiger partial charge in [0.25, 0.3) is 0 Å². The zero-order valence-electron chi connectivity index (χ0n) is 12.6. The Bertz CT molecular complexity index is 457. The van der Waals surface area contributed by atoms with Gasteiger partial charge in [-0.1, -0.05) is 13.8 Å². The van der Waals surface area contributed by atoms with E-state index in [9.17, 15) is 4.79 Å². The van der Waals surface area contributed by atoms with Gasteiger partial charge in [-0.25, -0.2) is 4.79 Å². The lowest BCUT2D eigenvalue weighted by Crippen LogP contribution is -2.10. The van der Waals surface area contributed by atoms with Gasteiger partial charge >= 0.3 is 5.97 Å². The number of benzene rings is 1. The van der Waals surface area contributed by atoms with E-state index < -0.39 is 5.97 Å². The fraction of sp³-hybridized carbons (Fsp3) is 0.533. The van der Waals surface area contributed by atoms with E-state index in [1.807, 2.05) is 0 Å². The van der Waals surface area contributed by atoms with Crippen molar-refractivity contribution in [3.63, 3.8) is 0 Å². The maximum absolute atomic E-state index is 12.0. The van der Waals surface area contributed by atoms with Crippen LogP contribution in [0.2, 0.25) is 0 Å². The van der Waals surface area contributed by atoms with Crippen molar-refractivity contribution in [3.05, 3.63) is 17.7 Å². The van der Waals surface area contributed by atoms with Gasteiger partial charge < -0.3 is 19.9 Å². The highest BCUT2D eigenvalue weighted by molar-refractivity contribution is 5.96. The molecule has 112 valence electrons. The van der Waals surface area contributed by atoms with Crippen molar-refractivity contribution in [2.45, 2.75) is 26.7 Å². The third kappa shape index (κ3) is 4.33. The molecule has 0 aromatic heterocycles. The molecule has 1 aromatic carbocycles. The highest BCUT2D eigenvalue weighted by Gasteiger charge is 2.16. The molecule has 5 heteroatoms. The molecular formula is C15H23NO4. The number of methoxy groups -OCH3 is 2. The van der Waals surface area contributed by atoms with Crippen molar-refractivity contribution in [2.24, 2.45) is 5.92 Å². The number of ether oxygens (including phenoxy) is 3. The van der Waals surface area contributed by atoms with Crippen LogP contribution in [0.3, 0.4) is 0 Å². The number of nitrogens with two attached hydrogens (primary N) is 1. The lowest BCUT2D eigenvalue weighted by Gasteiger charge is -2.12. The van der Waals surface area contributed by atoms with Gasteiger partial charge in [-0.05, 0) is 18.8 Å². The summed E-state index contributed by atoms with van der Waals surface area (Å²) >= 11 is 0. The first-order chi connectivity index (χ1) is 9.49. The van der Waals surface area contributed by atoms with Crippen LogP contribution in [0.1, 0.15) is 37.0 Å². The van der Waals surface area contributed by atoms with Crippen molar-refractivity contribution < 1.29 is 19.0 Å². The van der Waals surface area contributed by atoms with Gasteiger partial charge in [0.15, 0.2) is 11.5 Å². The zero-order valence-corrected chi connectivity index (χ0v) is 12.6. The van der Waals surface area contributed by atoms with Gasteiger partial charge in [0, 0.05) is 12.1 Å². The molecule has 0 aliphatic carbocycles. The van der Waals surface area contributed by atoms with Crippen molar-refractivity contribution in [2.75, 3.05) is 26.6 Å². The summed E-state index contributed by atoms with van der Waals surface area (Å²) in [5.74, 6) is 1.10. The Kier molecular flexibility index (Phi) is 6.15. The maximum Gasteiger partial charge on any atom is 0.340 e. The largest absolute Gasteiger partial charge is 0.493 e. The molecule has 5 nitrogen and oxygen atoms in total. The number of rotatable bonds is 7. The number of esters is 1. The van der Waals surface area contributed by atoms with Crippen LogP contribution in [0.5, 0.6) is 11.5 Å². The molecule has 0 aliphatic rings. The average molecular weight is 281 g/mol. The van der Waals surface area contributed by atoms with E-state index in [1.54, 1.807) is 12.1 Å². The van der Waals surface area contributed by atoms with Crippen molar-refractivity contribution >= 4 is 11.7 Å². The van der Waals surface area contributed by atoms with Crippen LogP contribution in [-0.4, -0.2) is 26.8 Å². The van der Waals surface area contributed by atoms with E-state index in [2.05, 4.69) is 13.8 Å². The fourth-order valence-electron chi connectivity index (χ4n) is 1.81. The van der Waals surface area contributed by atoms with E-state index in [0.717, 1.165) is 12.8 Å². The Hall–Kier alpha value is -1.91. The first-order valence-corrected chi connectivity index (χ1v) is 6.68. The molecular weight excluding hydrogens is 258 g/mol. The van der Waals surface area contributed by atoms with Crippen LogP contribution in [0.4, 0.5) is 5.69 Å². The van der Waals surface area contributed by atoms with Crippen LogP contribution in [0.15, 0.2) is 12.1 Å². The van der Waals surface area contributed by atoms with E-state index in [0.29, 0.717) is 35.3 Å². The second-order valence-corrected chi connectivity index (χ2v) is 4.97. The smallest absolute Gasteiger partial charge is 0.340 e. The quantitative estimate of drug-likeness (QED) is 0.473. The van der Waals surface area contributed by atoms with Gasteiger partial charge in [-0.15, -0.1) is 0 Å². The predicted octanol–water partition coefficient (Wildman–Crippen LogP) is 2.88. The minimum Gasteiger partial charge on any atom is -0.493 e. The van der Waals surface area contributed by atoms with Crippen LogP contribution in [0.25, 0.3) is 0 Å². The number of anilines is 1. The van der Waals surface area contributed by atoms with Crippen LogP contribution >= 0.6 is 0 Å². The van der Waals surface area contributed by atoms with E-state index in [-0.39, 0.29) is 0 Å². The van der Waals surface area contributed by atoms with E-state index in [1.165, 1.54) is 14.2 Å². The second kappa shape index (κ2) is 7.62. The molecule has 0 saturated heterocycles. The summed E-state index contributed by atoms with van der Waals surface area (Å²) in [4.78, 5) is 12.0. The number of nitrogen functional groups attached to an aromatic ring is 1. The summed E-state index contributed by atoms with van der Waals surface area (Å²) in [5.41, 5.74) is 6.45. The van der Waals surface area contributed by atoms with E-state index in [4.69, 9.17) is 19.9 Å². The fourth-order valence-corrected chi connectivity index (χ4v) is 1.81. The van der Waals surface area contributed by atoms with Gasteiger partial charge in [-0.2, -0.15) is 0 Å². The number of hydrogen-bond donors (Lipinski definition) is 1. The zero-order chi connectivity index (χ0) is 15.1. The molecule has 0 saturated carbocycles. The van der Waals surface area contributed by atoms with Gasteiger partial charge in [0.1, 0.15) is 0 Å². The summed E-state index contributed by atoms with van der Waals surface area (Å²) in [7, 11) is 3.02. The Morgan fingerprint density at radius 2 is 1.80 bits per heavy atom. The monoisotopic (exact) mass is 281 g/mol. The summed E-state index contributed by atoms with van der Waals surface area (Å²) in [6.45, 7) is 4.66. The first kappa shape index (κ1) is 16.1. The molecule has 0 heterocycles. The molecule has 2 N–H and O–H groups in total. The summed E-state index contributed by atoms with van der Waals surface area (Å²) in [6.07, 6.45) is 1.87. The average Bonchev–Trinajstić information content (AvgIpc) is 2.42. The van der Waals surface area contributed by atoms with Crippen LogP contribution < -0.4 is 15.2 Å². The third-order valence-electron chi connectivity index (χ3n) is 2.93. The molecule has 0 aliphatic heterocycles. The number of carbonyl (C=O) groups is 1. The molecule has 0 unspecified atom stereocenters. The normalized spacial score (nSPS) is 10.4. The van der Waals surface area contributed by atoms with E-state index >= 15 is 0 Å². The topological polar surface area (TPSA) is 70.8 Å². The van der Waals surface area contributed by atoms with Crippen LogP contribution in [-0.2, 0) is 4.74 Å². The molecule has 0 amide bonds. The minimum atomic E-state index is -0.438. The molecule has 0 bridgehead atoms. The van der Waals surface area contributed by atoms with Gasteiger partial charge in [0.2, 0.25) is 0 Å². The van der Waals surface area contributed by atoms with Crippen LogP contribution in [0, 0.1) is 5.92 Å². The lowest BCUT2D eigenvalue weighted by atomic mass is 10.1. The van der Waals surface area contributed by atoms with Crippen molar-refractivity contribution in [1.82, 2.24) is 0 Å². The molecule has 1 aromatic rings. The Morgan fingerprint density at radius 3 is 2.35 bits per heavy atom. The molecule has 1 rings (SSSR count). The van der Waals surface area contributed by atoms with Gasteiger partial charge in [-0.3, -0.25) is 0 Å². The second-order valence-electron chi connectivity index (χ2n) is 4.97. The Balaban J connectivity index is 2.72. The Morgan fingerprint density at radius 1 is 1.20 bits per heavy atom. The summed E-state index contributed by atoms with van der Waals surface area (Å²) < 4.78 is 15.5. The predicted molar refractivity (Wildman–Crippen MR) is 78.3 cm³/mol. The summed E-state index contributed by atoms with van der Waals surface area (Å²) in [5, 5.41) is 0. The molecule has 0 radical (unpaired) electrons. The number of hydrogen-bond acceptors (Lipinski definition) is 5. The summed E-state index contributed by atoms with van der Waals surface area (Å²) in [6, 6.07) is 3.10. The first-order valence-electron chi connectivity index (χ1n) is 6.68. The highest BCUT2D eigenvalue weighted by atomic mass is 16.5. The molecule has 0 spiro atoms. The molecule has 0 atom stereocenters. The molecule has 20 heavy (non-hydrogen) atoms. The van der Waals surface area contributed by atoms with Crippen molar-refractivity contribution in [1.29, 1.82) is 0 Å². The lowest BCUT2D eigenvalue weighted by molar-refractivity contribution is 0.0495. The minimum absolute atomic E-state index is 0.298. The van der Waals surface area contributed by atoms with Crippen molar-refractivity contribution in [3.8, 4) is 11.5 Å². The molecule has 0 fully saturated rings. The highest BCUT2D eigenvalue weighted by Crippen LogP contribution is 2.32. The standard InChI is InChI=1S/C15H23NO4/c1-10(2)6-5-7-20-15(17)11-8-13(18-3)14(19-4)9-12(11)16/h8-10H,5-7,16H2,1-4H3. The van der Waals surface area contributed by atoms with Gasteiger partial charge in [0.05, 0.1) is 32.1 Å². The maximum atomic E-state index is 12.0. The SMILES string of the molecule is COc1cc(N)c(C(=O)OCCCC(C)C)cc1OC.